The lowest BCUT2D eigenvalue weighted by Gasteiger charge is -2.31. The Morgan fingerprint density at radius 2 is 1.74 bits per heavy atom. The zero-order valence-corrected chi connectivity index (χ0v) is 21.8. The molecule has 4 aromatic rings. The number of hydrogen-bond acceptors (Lipinski definition) is 6. The van der Waals surface area contributed by atoms with Gasteiger partial charge in [-0.05, 0) is 60.5 Å². The topological polar surface area (TPSA) is 92.6 Å². The number of carbonyl (C=O) groups excluding carboxylic acids is 2. The van der Waals surface area contributed by atoms with E-state index in [2.05, 4.69) is 20.5 Å². The van der Waals surface area contributed by atoms with Crippen LogP contribution >= 0.6 is 0 Å². The molecule has 1 unspecified atom stereocenters. The predicted molar refractivity (Wildman–Crippen MR) is 147 cm³/mol. The summed E-state index contributed by atoms with van der Waals surface area (Å²) < 4.78 is 20.5. The maximum atomic E-state index is 13.7. The molecule has 10 heteroatoms. The van der Waals surface area contributed by atoms with E-state index in [1.54, 1.807) is 12.1 Å². The molecule has 2 heterocycles. The molecule has 0 bridgehead atoms. The number of benzene rings is 3. The molecule has 0 saturated carbocycles. The van der Waals surface area contributed by atoms with Crippen LogP contribution in [-0.4, -0.2) is 64.1 Å². The normalized spacial score (nSPS) is 14.3. The Morgan fingerprint density at radius 1 is 1.03 bits per heavy atom. The summed E-state index contributed by atoms with van der Waals surface area (Å²) in [7, 11) is 0. The molecule has 9 nitrogen and oxygen atoms in total. The highest BCUT2D eigenvalue weighted by molar-refractivity contribution is 5.97. The Hall–Kier alpha value is -4.31. The summed E-state index contributed by atoms with van der Waals surface area (Å²) in [6.07, 6.45) is 0.392. The number of carbonyl (C=O) groups is 2. The number of nitrogens with one attached hydrogen (secondary N) is 1. The Bertz CT molecular complexity index is 1420. The molecule has 1 aliphatic rings. The standard InChI is InChI=1S/C29H31FN6O3/c1-2-26(29(38)31-23-11-13-24(14-12-23)34-15-17-39-18-16-34)35(19-21-7-9-22(30)10-8-21)28(37)20-36-27-6-4-3-5-25(27)32-33-36/h3-14,26H,2,15-20H2,1H3,(H,31,38). The lowest BCUT2D eigenvalue weighted by atomic mass is 10.1. The van der Waals surface area contributed by atoms with Crippen molar-refractivity contribution in [2.24, 2.45) is 0 Å². The molecular formula is C29H31FN6O3. The van der Waals surface area contributed by atoms with E-state index >= 15 is 0 Å². The zero-order chi connectivity index (χ0) is 27.2. The SMILES string of the molecule is CCC(C(=O)Nc1ccc(N2CCOCC2)cc1)N(Cc1ccc(F)cc1)C(=O)Cn1nnc2ccccc21. The number of rotatable bonds is 9. The Balaban J connectivity index is 1.35. The molecule has 2 amide bonds. The van der Waals surface area contributed by atoms with E-state index in [0.29, 0.717) is 36.4 Å². The van der Waals surface area contributed by atoms with Gasteiger partial charge in [-0.15, -0.1) is 5.10 Å². The molecule has 1 aromatic heterocycles. The van der Waals surface area contributed by atoms with Crippen LogP contribution in [0.15, 0.2) is 72.8 Å². The van der Waals surface area contributed by atoms with Gasteiger partial charge in [-0.2, -0.15) is 0 Å². The van der Waals surface area contributed by atoms with E-state index < -0.39 is 6.04 Å². The van der Waals surface area contributed by atoms with E-state index in [4.69, 9.17) is 4.74 Å². The predicted octanol–water partition coefficient (Wildman–Crippen LogP) is 3.85. The molecule has 202 valence electrons. The lowest BCUT2D eigenvalue weighted by Crippen LogP contribution is -2.47. The Kier molecular flexibility index (Phi) is 8.12. The first-order valence-electron chi connectivity index (χ1n) is 13.1. The van der Waals surface area contributed by atoms with E-state index in [1.807, 2.05) is 55.5 Å². The van der Waals surface area contributed by atoms with Crippen LogP contribution in [0.2, 0.25) is 0 Å². The van der Waals surface area contributed by atoms with Gasteiger partial charge in [-0.3, -0.25) is 9.59 Å². The van der Waals surface area contributed by atoms with E-state index in [9.17, 15) is 14.0 Å². The zero-order valence-electron chi connectivity index (χ0n) is 21.8. The molecule has 1 saturated heterocycles. The highest BCUT2D eigenvalue weighted by Gasteiger charge is 2.29. The average molecular weight is 531 g/mol. The molecule has 1 fully saturated rings. The van der Waals surface area contributed by atoms with Crippen LogP contribution in [0, 0.1) is 5.82 Å². The molecule has 39 heavy (non-hydrogen) atoms. The third kappa shape index (κ3) is 6.23. The number of para-hydroxylation sites is 1. The second kappa shape index (κ2) is 12.0. The van der Waals surface area contributed by atoms with Gasteiger partial charge in [0, 0.05) is 31.0 Å². The Labute approximate surface area is 226 Å². The molecule has 1 atom stereocenters. The first kappa shape index (κ1) is 26.3. The summed E-state index contributed by atoms with van der Waals surface area (Å²) in [6.45, 7) is 4.96. The first-order chi connectivity index (χ1) is 19.0. The van der Waals surface area contributed by atoms with Crippen LogP contribution < -0.4 is 10.2 Å². The number of fused-ring (bicyclic) bond motifs is 1. The van der Waals surface area contributed by atoms with E-state index in [0.717, 1.165) is 24.3 Å². The maximum absolute atomic E-state index is 13.7. The summed E-state index contributed by atoms with van der Waals surface area (Å²) >= 11 is 0. The second-order valence-electron chi connectivity index (χ2n) is 9.44. The summed E-state index contributed by atoms with van der Waals surface area (Å²) in [5.74, 6) is -0.953. The van der Waals surface area contributed by atoms with Crippen LogP contribution in [0.1, 0.15) is 18.9 Å². The van der Waals surface area contributed by atoms with Gasteiger partial charge >= 0.3 is 0 Å². The van der Waals surface area contributed by atoms with Crippen molar-refractivity contribution in [2.45, 2.75) is 32.5 Å². The molecule has 3 aromatic carbocycles. The molecule has 0 aliphatic carbocycles. The summed E-state index contributed by atoms with van der Waals surface area (Å²) in [5.41, 5.74) is 3.84. The molecule has 0 spiro atoms. The number of morpholine rings is 1. The average Bonchev–Trinajstić information content (AvgIpc) is 3.37. The maximum Gasteiger partial charge on any atom is 0.247 e. The monoisotopic (exact) mass is 530 g/mol. The van der Waals surface area contributed by atoms with Gasteiger partial charge in [0.15, 0.2) is 0 Å². The Morgan fingerprint density at radius 3 is 2.46 bits per heavy atom. The number of halogens is 1. The molecule has 1 N–H and O–H groups in total. The van der Waals surface area contributed by atoms with Crippen molar-refractivity contribution >= 4 is 34.2 Å². The minimum atomic E-state index is -0.753. The van der Waals surface area contributed by atoms with Crippen LogP contribution in [0.5, 0.6) is 0 Å². The number of ether oxygens (including phenoxy) is 1. The van der Waals surface area contributed by atoms with Crippen molar-refractivity contribution in [3.05, 3.63) is 84.2 Å². The minimum Gasteiger partial charge on any atom is -0.378 e. The van der Waals surface area contributed by atoms with Crippen LogP contribution in [0.25, 0.3) is 11.0 Å². The van der Waals surface area contributed by atoms with Crippen molar-refractivity contribution in [3.63, 3.8) is 0 Å². The number of hydrogen-bond donors (Lipinski definition) is 1. The molecule has 1 aliphatic heterocycles. The van der Waals surface area contributed by atoms with Crippen LogP contribution in [-0.2, 0) is 27.4 Å². The number of amides is 2. The van der Waals surface area contributed by atoms with Gasteiger partial charge < -0.3 is 19.9 Å². The highest BCUT2D eigenvalue weighted by Crippen LogP contribution is 2.21. The second-order valence-corrected chi connectivity index (χ2v) is 9.44. The van der Waals surface area contributed by atoms with Gasteiger partial charge in [0.2, 0.25) is 11.8 Å². The van der Waals surface area contributed by atoms with Crippen molar-refractivity contribution in [1.82, 2.24) is 19.9 Å². The largest absolute Gasteiger partial charge is 0.378 e. The van der Waals surface area contributed by atoms with E-state index in [1.165, 1.54) is 21.7 Å². The first-order valence-corrected chi connectivity index (χ1v) is 13.1. The van der Waals surface area contributed by atoms with Gasteiger partial charge in [0.25, 0.3) is 0 Å². The number of nitrogens with zero attached hydrogens (tertiary/aromatic N) is 5. The van der Waals surface area contributed by atoms with Crippen molar-refractivity contribution in [1.29, 1.82) is 0 Å². The van der Waals surface area contributed by atoms with Crippen LogP contribution in [0.3, 0.4) is 0 Å². The number of aromatic nitrogens is 3. The van der Waals surface area contributed by atoms with E-state index in [-0.39, 0.29) is 30.7 Å². The van der Waals surface area contributed by atoms with Crippen molar-refractivity contribution in [3.8, 4) is 0 Å². The van der Waals surface area contributed by atoms with Gasteiger partial charge in [-0.1, -0.05) is 36.4 Å². The molecule has 0 radical (unpaired) electrons. The smallest absolute Gasteiger partial charge is 0.247 e. The van der Waals surface area contributed by atoms with Gasteiger partial charge in [0.05, 0.1) is 18.7 Å². The van der Waals surface area contributed by atoms with Crippen molar-refractivity contribution in [2.75, 3.05) is 36.5 Å². The highest BCUT2D eigenvalue weighted by atomic mass is 19.1. The quantitative estimate of drug-likeness (QED) is 0.353. The fourth-order valence-electron chi connectivity index (χ4n) is 4.76. The number of anilines is 2. The van der Waals surface area contributed by atoms with Gasteiger partial charge in [0.1, 0.15) is 23.9 Å². The summed E-state index contributed by atoms with van der Waals surface area (Å²) in [6, 6.07) is 20.2. The third-order valence-corrected chi connectivity index (χ3v) is 6.87. The van der Waals surface area contributed by atoms with Gasteiger partial charge in [-0.25, -0.2) is 9.07 Å². The fraction of sp³-hybridized carbons (Fsp3) is 0.310. The molecular weight excluding hydrogens is 499 g/mol. The fourth-order valence-corrected chi connectivity index (χ4v) is 4.76. The summed E-state index contributed by atoms with van der Waals surface area (Å²) in [4.78, 5) is 30.9. The minimum absolute atomic E-state index is 0.0836. The molecule has 5 rings (SSSR count). The van der Waals surface area contributed by atoms with Crippen LogP contribution in [0.4, 0.5) is 15.8 Å². The third-order valence-electron chi connectivity index (χ3n) is 6.87. The summed E-state index contributed by atoms with van der Waals surface area (Å²) in [5, 5.41) is 11.2. The van der Waals surface area contributed by atoms with Crippen molar-refractivity contribution < 1.29 is 18.7 Å². The lowest BCUT2D eigenvalue weighted by molar-refractivity contribution is -0.140.